The van der Waals surface area contributed by atoms with Crippen LogP contribution in [0.2, 0.25) is 0 Å². The van der Waals surface area contributed by atoms with Gasteiger partial charge in [-0.1, -0.05) is 6.07 Å². The minimum absolute atomic E-state index is 0.0299. The van der Waals surface area contributed by atoms with E-state index in [2.05, 4.69) is 5.32 Å². The van der Waals surface area contributed by atoms with Gasteiger partial charge in [0, 0.05) is 19.8 Å². The average Bonchev–Trinajstić information content (AvgIpc) is 2.45. The van der Waals surface area contributed by atoms with Crippen LogP contribution in [0.4, 0.5) is 4.39 Å². The smallest absolute Gasteiger partial charge is 0.311 e. The fourth-order valence-electron chi connectivity index (χ4n) is 2.38. The largest absolute Gasteiger partial charge is 0.481 e. The summed E-state index contributed by atoms with van der Waals surface area (Å²) in [6.07, 6.45) is 0.665. The molecule has 0 spiro atoms. The van der Waals surface area contributed by atoms with Gasteiger partial charge in [-0.2, -0.15) is 0 Å². The Morgan fingerprint density at radius 1 is 1.38 bits per heavy atom. The fraction of sp³-hybridized carbons (Fsp3) is 0.467. The number of halogens is 1. The molecule has 2 N–H and O–H groups in total. The Balaban J connectivity index is 2.07. The third kappa shape index (κ3) is 3.39. The summed E-state index contributed by atoms with van der Waals surface area (Å²) in [5, 5.41) is 11.9. The van der Waals surface area contributed by atoms with Gasteiger partial charge in [0.1, 0.15) is 5.82 Å². The van der Waals surface area contributed by atoms with Crippen LogP contribution in [-0.2, 0) is 9.53 Å². The lowest BCUT2D eigenvalue weighted by Crippen LogP contribution is -2.46. The summed E-state index contributed by atoms with van der Waals surface area (Å²) in [4.78, 5) is 23.5. The number of carbonyl (C=O) groups is 2. The molecule has 0 atom stereocenters. The standard InChI is InChI=1S/C15H18FNO4/c1-10-2-3-11(12(16)8-10)13(18)17-9-15(14(19)20)4-6-21-7-5-15/h2-3,8H,4-7,9H2,1H3,(H,17,18)(H,19,20). The number of rotatable bonds is 4. The Morgan fingerprint density at radius 3 is 2.62 bits per heavy atom. The minimum atomic E-state index is -1.03. The Hall–Kier alpha value is -1.95. The normalized spacial score (nSPS) is 17.2. The van der Waals surface area contributed by atoms with E-state index in [0.717, 1.165) is 5.56 Å². The predicted octanol–water partition coefficient (Wildman–Crippen LogP) is 1.75. The quantitative estimate of drug-likeness (QED) is 0.887. The van der Waals surface area contributed by atoms with Crippen molar-refractivity contribution in [2.45, 2.75) is 19.8 Å². The van der Waals surface area contributed by atoms with Gasteiger partial charge in [-0.15, -0.1) is 0 Å². The van der Waals surface area contributed by atoms with Crippen molar-refractivity contribution in [1.82, 2.24) is 5.32 Å². The number of benzene rings is 1. The Labute approximate surface area is 122 Å². The first-order chi connectivity index (χ1) is 9.94. The van der Waals surface area contributed by atoms with Crippen molar-refractivity contribution >= 4 is 11.9 Å². The van der Waals surface area contributed by atoms with Crippen molar-refractivity contribution in [2.75, 3.05) is 19.8 Å². The number of aliphatic carboxylic acids is 1. The van der Waals surface area contributed by atoms with Crippen molar-refractivity contribution in [3.63, 3.8) is 0 Å². The molecular weight excluding hydrogens is 277 g/mol. The van der Waals surface area contributed by atoms with Crippen molar-refractivity contribution < 1.29 is 23.8 Å². The maximum Gasteiger partial charge on any atom is 0.311 e. The van der Waals surface area contributed by atoms with Gasteiger partial charge < -0.3 is 15.2 Å². The van der Waals surface area contributed by atoms with Gasteiger partial charge in [-0.25, -0.2) is 4.39 Å². The van der Waals surface area contributed by atoms with Crippen LogP contribution in [-0.4, -0.2) is 36.7 Å². The number of ether oxygens (including phenoxy) is 1. The van der Waals surface area contributed by atoms with Crippen LogP contribution in [0.1, 0.15) is 28.8 Å². The number of amides is 1. The third-order valence-electron chi connectivity index (χ3n) is 3.86. The number of hydrogen-bond donors (Lipinski definition) is 2. The lowest BCUT2D eigenvalue weighted by molar-refractivity contribution is -0.154. The predicted molar refractivity (Wildman–Crippen MR) is 73.6 cm³/mol. The molecule has 1 aromatic rings. The molecule has 0 aromatic heterocycles. The molecule has 0 radical (unpaired) electrons. The van der Waals surface area contributed by atoms with E-state index in [9.17, 15) is 19.1 Å². The van der Waals surface area contributed by atoms with Gasteiger partial charge in [-0.05, 0) is 37.5 Å². The van der Waals surface area contributed by atoms with Crippen molar-refractivity contribution in [3.8, 4) is 0 Å². The molecule has 0 unspecified atom stereocenters. The Kier molecular flexibility index (Phi) is 4.57. The van der Waals surface area contributed by atoms with Crippen LogP contribution >= 0.6 is 0 Å². The van der Waals surface area contributed by atoms with E-state index in [1.807, 2.05) is 0 Å². The van der Waals surface area contributed by atoms with Gasteiger partial charge in [0.25, 0.3) is 5.91 Å². The maximum absolute atomic E-state index is 13.7. The minimum Gasteiger partial charge on any atom is -0.481 e. The molecule has 1 saturated heterocycles. The summed E-state index contributed by atoms with van der Waals surface area (Å²) in [7, 11) is 0. The van der Waals surface area contributed by atoms with E-state index in [4.69, 9.17) is 4.74 Å². The molecule has 1 amide bonds. The molecule has 6 heteroatoms. The number of nitrogens with one attached hydrogen (secondary N) is 1. The van der Waals surface area contributed by atoms with Gasteiger partial charge >= 0.3 is 5.97 Å². The average molecular weight is 295 g/mol. The van der Waals surface area contributed by atoms with Crippen molar-refractivity contribution in [1.29, 1.82) is 0 Å². The molecule has 5 nitrogen and oxygen atoms in total. The van der Waals surface area contributed by atoms with E-state index >= 15 is 0 Å². The first-order valence-electron chi connectivity index (χ1n) is 6.80. The molecular formula is C15H18FNO4. The van der Waals surface area contributed by atoms with E-state index in [0.29, 0.717) is 26.1 Å². The van der Waals surface area contributed by atoms with Gasteiger partial charge in [-0.3, -0.25) is 9.59 Å². The zero-order valence-corrected chi connectivity index (χ0v) is 11.8. The second-order valence-electron chi connectivity index (χ2n) is 5.36. The molecule has 1 aliphatic rings. The van der Waals surface area contributed by atoms with Crippen LogP contribution in [0.15, 0.2) is 18.2 Å². The number of aryl methyl sites for hydroxylation is 1. The highest BCUT2D eigenvalue weighted by Gasteiger charge is 2.40. The summed E-state index contributed by atoms with van der Waals surface area (Å²) in [5.74, 6) is -2.17. The highest BCUT2D eigenvalue weighted by Crippen LogP contribution is 2.30. The van der Waals surface area contributed by atoms with E-state index < -0.39 is 23.1 Å². The molecule has 0 aliphatic carbocycles. The summed E-state index contributed by atoms with van der Waals surface area (Å²) in [6.45, 7) is 2.40. The molecule has 0 bridgehead atoms. The molecule has 0 saturated carbocycles. The Bertz CT molecular complexity index is 553. The second kappa shape index (κ2) is 6.22. The first-order valence-corrected chi connectivity index (χ1v) is 6.80. The van der Waals surface area contributed by atoms with Crippen molar-refractivity contribution in [3.05, 3.63) is 35.1 Å². The molecule has 21 heavy (non-hydrogen) atoms. The van der Waals surface area contributed by atoms with Gasteiger partial charge in [0.15, 0.2) is 0 Å². The van der Waals surface area contributed by atoms with Gasteiger partial charge in [0.05, 0.1) is 11.0 Å². The topological polar surface area (TPSA) is 75.6 Å². The number of carbonyl (C=O) groups excluding carboxylic acids is 1. The maximum atomic E-state index is 13.7. The zero-order chi connectivity index (χ0) is 15.5. The molecule has 1 fully saturated rings. The molecule has 1 aromatic carbocycles. The summed E-state index contributed by atoms with van der Waals surface area (Å²) < 4.78 is 18.9. The zero-order valence-electron chi connectivity index (χ0n) is 11.8. The van der Waals surface area contributed by atoms with E-state index in [1.165, 1.54) is 12.1 Å². The Morgan fingerprint density at radius 2 is 2.05 bits per heavy atom. The lowest BCUT2D eigenvalue weighted by atomic mass is 9.80. The van der Waals surface area contributed by atoms with Crippen LogP contribution in [0.25, 0.3) is 0 Å². The summed E-state index contributed by atoms with van der Waals surface area (Å²) in [5.41, 5.74) is -0.390. The third-order valence-corrected chi connectivity index (χ3v) is 3.86. The second-order valence-corrected chi connectivity index (χ2v) is 5.36. The summed E-state index contributed by atoms with van der Waals surface area (Å²) in [6, 6.07) is 4.31. The lowest BCUT2D eigenvalue weighted by Gasteiger charge is -2.33. The van der Waals surface area contributed by atoms with Crippen molar-refractivity contribution in [2.24, 2.45) is 5.41 Å². The number of carboxylic acids is 1. The number of hydrogen-bond acceptors (Lipinski definition) is 3. The van der Waals surface area contributed by atoms with Crippen LogP contribution in [0.3, 0.4) is 0 Å². The van der Waals surface area contributed by atoms with Crippen LogP contribution in [0, 0.1) is 18.2 Å². The van der Waals surface area contributed by atoms with Crippen LogP contribution < -0.4 is 5.32 Å². The van der Waals surface area contributed by atoms with Crippen LogP contribution in [0.5, 0.6) is 0 Å². The molecule has 1 aliphatic heterocycles. The molecule has 1 heterocycles. The SMILES string of the molecule is Cc1ccc(C(=O)NCC2(C(=O)O)CCOCC2)c(F)c1. The molecule has 114 valence electrons. The fourth-order valence-corrected chi connectivity index (χ4v) is 2.38. The summed E-state index contributed by atoms with van der Waals surface area (Å²) >= 11 is 0. The highest BCUT2D eigenvalue weighted by molar-refractivity contribution is 5.94. The number of carboxylic acid groups (broad SMARTS) is 1. The first kappa shape index (κ1) is 15.4. The molecule has 2 rings (SSSR count). The van der Waals surface area contributed by atoms with E-state index in [-0.39, 0.29) is 12.1 Å². The van der Waals surface area contributed by atoms with Gasteiger partial charge in [0.2, 0.25) is 0 Å². The monoisotopic (exact) mass is 295 g/mol. The highest BCUT2D eigenvalue weighted by atomic mass is 19.1. The van der Waals surface area contributed by atoms with E-state index in [1.54, 1.807) is 13.0 Å².